The van der Waals surface area contributed by atoms with Crippen LogP contribution in [0.5, 0.6) is 0 Å². The number of imidazole rings is 1. The zero-order valence-corrected chi connectivity index (χ0v) is 18.2. The quantitative estimate of drug-likeness (QED) is 0.358. The van der Waals surface area contributed by atoms with E-state index in [0.29, 0.717) is 12.8 Å². The zero-order valence-electron chi connectivity index (χ0n) is 18.2. The molecule has 1 unspecified atom stereocenters. The second-order valence-electron chi connectivity index (χ2n) is 7.71. The van der Waals surface area contributed by atoms with Crippen LogP contribution in [0.1, 0.15) is 59.1 Å². The van der Waals surface area contributed by atoms with Gasteiger partial charge in [-0.05, 0) is 18.8 Å². The van der Waals surface area contributed by atoms with E-state index >= 15 is 0 Å². The fourth-order valence-electron chi connectivity index (χ4n) is 3.51. The first kappa shape index (κ1) is 23.6. The van der Waals surface area contributed by atoms with Gasteiger partial charge in [-0.25, -0.2) is 4.98 Å². The number of nitrogens with zero attached hydrogens (tertiary/aromatic N) is 4. The predicted molar refractivity (Wildman–Crippen MR) is 111 cm³/mol. The van der Waals surface area contributed by atoms with Crippen LogP contribution in [0.15, 0.2) is 6.33 Å². The Bertz CT molecular complexity index is 1050. The third-order valence-electron chi connectivity index (χ3n) is 5.19. The minimum Gasteiger partial charge on any atom is -0.418 e. The molecule has 1 fully saturated rings. The Morgan fingerprint density at radius 1 is 1.47 bits per heavy atom. The number of ether oxygens (including phenoxy) is 2. The number of fused-ring (bicyclic) bond motifs is 1. The highest BCUT2D eigenvalue weighted by Gasteiger charge is 2.52. The molecule has 2 N–H and O–H groups in total. The van der Waals surface area contributed by atoms with E-state index in [4.69, 9.17) is 15.9 Å². The molecule has 172 valence electrons. The van der Waals surface area contributed by atoms with E-state index in [1.165, 1.54) is 10.9 Å². The monoisotopic (exact) mass is 447 g/mol. The fraction of sp³-hybridized carbons (Fsp3) is 0.571. The van der Waals surface area contributed by atoms with Crippen LogP contribution >= 0.6 is 0 Å². The number of hydrogen-bond donors (Lipinski definition) is 2. The van der Waals surface area contributed by atoms with E-state index in [0.717, 1.165) is 6.42 Å². The molecule has 1 saturated heterocycles. The highest BCUT2D eigenvalue weighted by Crippen LogP contribution is 2.39. The molecule has 2 aromatic heterocycles. The number of aromatic nitrogens is 4. The van der Waals surface area contributed by atoms with Gasteiger partial charge in [-0.15, -0.1) is 6.42 Å². The Balaban J connectivity index is 1.89. The Kier molecular flexibility index (Phi) is 7.06. The van der Waals surface area contributed by atoms with Gasteiger partial charge in [0.2, 0.25) is 5.91 Å². The normalized spacial score (nSPS) is 23.6. The number of carbonyl (C=O) groups is 2. The van der Waals surface area contributed by atoms with Crippen molar-refractivity contribution < 1.29 is 28.6 Å². The second kappa shape index (κ2) is 9.58. The van der Waals surface area contributed by atoms with Gasteiger partial charge in [0.25, 0.3) is 0 Å². The van der Waals surface area contributed by atoms with Crippen molar-refractivity contribution in [3.05, 3.63) is 12.4 Å². The SMILES string of the molecule is C#C[C@]1(OC(=O)C(C)CCC)O[C@@H](n2cnc3c(NC(=O)CCC)nc(F)nc32)C[C@@H]1O. The maximum absolute atomic E-state index is 14.1. The number of aliphatic hydroxyl groups excluding tert-OH is 1. The highest BCUT2D eigenvalue weighted by atomic mass is 19.1. The third kappa shape index (κ3) is 4.56. The highest BCUT2D eigenvalue weighted by molar-refractivity contribution is 5.96. The summed E-state index contributed by atoms with van der Waals surface area (Å²) < 4.78 is 26.6. The van der Waals surface area contributed by atoms with E-state index in [1.807, 2.05) is 13.8 Å². The van der Waals surface area contributed by atoms with Gasteiger partial charge in [-0.2, -0.15) is 14.4 Å². The van der Waals surface area contributed by atoms with Crippen LogP contribution in [0.2, 0.25) is 0 Å². The topological polar surface area (TPSA) is 128 Å². The number of aliphatic hydroxyl groups is 1. The van der Waals surface area contributed by atoms with Gasteiger partial charge in [0.05, 0.1) is 12.2 Å². The number of nitrogens with one attached hydrogen (secondary N) is 1. The molecule has 1 aliphatic heterocycles. The molecule has 0 bridgehead atoms. The molecular formula is C21H26FN5O5. The molecule has 3 heterocycles. The minimum atomic E-state index is -2.00. The van der Waals surface area contributed by atoms with Crippen molar-refractivity contribution in [2.75, 3.05) is 5.32 Å². The van der Waals surface area contributed by atoms with Crippen molar-refractivity contribution in [1.82, 2.24) is 19.5 Å². The van der Waals surface area contributed by atoms with Crippen LogP contribution < -0.4 is 5.32 Å². The molecule has 0 spiro atoms. The van der Waals surface area contributed by atoms with Crippen LogP contribution in [0.3, 0.4) is 0 Å². The predicted octanol–water partition coefficient (Wildman–Crippen LogP) is 2.29. The second-order valence-corrected chi connectivity index (χ2v) is 7.71. The first-order valence-electron chi connectivity index (χ1n) is 10.5. The number of terminal acetylenes is 1. The lowest BCUT2D eigenvalue weighted by Crippen LogP contribution is -2.43. The fourth-order valence-corrected chi connectivity index (χ4v) is 3.51. The Labute approximate surface area is 184 Å². The maximum Gasteiger partial charge on any atom is 0.312 e. The van der Waals surface area contributed by atoms with Crippen molar-refractivity contribution in [2.24, 2.45) is 5.92 Å². The largest absolute Gasteiger partial charge is 0.418 e. The number of amides is 1. The Morgan fingerprint density at radius 3 is 2.88 bits per heavy atom. The van der Waals surface area contributed by atoms with Crippen molar-refractivity contribution in [1.29, 1.82) is 0 Å². The van der Waals surface area contributed by atoms with E-state index < -0.39 is 36.1 Å². The summed E-state index contributed by atoms with van der Waals surface area (Å²) in [6.45, 7) is 5.47. The minimum absolute atomic E-state index is 0.0278. The molecule has 11 heteroatoms. The van der Waals surface area contributed by atoms with Crippen molar-refractivity contribution in [3.8, 4) is 12.3 Å². The van der Waals surface area contributed by atoms with Crippen molar-refractivity contribution in [3.63, 3.8) is 0 Å². The van der Waals surface area contributed by atoms with Crippen LogP contribution in [0.4, 0.5) is 10.2 Å². The average molecular weight is 447 g/mol. The van der Waals surface area contributed by atoms with Crippen LogP contribution in [0, 0.1) is 24.3 Å². The molecule has 3 rings (SSSR count). The summed E-state index contributed by atoms with van der Waals surface area (Å²) in [7, 11) is 0. The van der Waals surface area contributed by atoms with E-state index in [2.05, 4.69) is 26.2 Å². The lowest BCUT2D eigenvalue weighted by atomic mass is 10.1. The van der Waals surface area contributed by atoms with Gasteiger partial charge in [0, 0.05) is 12.8 Å². The first-order valence-corrected chi connectivity index (χ1v) is 10.5. The summed E-state index contributed by atoms with van der Waals surface area (Å²) in [5, 5.41) is 13.1. The first-order chi connectivity index (χ1) is 15.2. The van der Waals surface area contributed by atoms with E-state index in [9.17, 15) is 19.1 Å². The molecule has 1 aliphatic rings. The summed E-state index contributed by atoms with van der Waals surface area (Å²) in [6.07, 6.45) is 5.66. The lowest BCUT2D eigenvalue weighted by Gasteiger charge is -2.27. The summed E-state index contributed by atoms with van der Waals surface area (Å²) in [5.74, 6) is -1.18. The number of rotatable bonds is 8. The standard InChI is InChI=1S/C21H26FN5O5/c1-5-8-12(4)19(30)32-21(7-3)13(28)10-15(31-21)27-11-23-16-17(24-14(29)9-6-2)25-20(22)26-18(16)27/h3,11-13,15,28H,5-6,8-10H2,1-2,4H3,(H,24,25,26,29)/t12?,13-,15+,21+/m0/s1. The molecule has 32 heavy (non-hydrogen) atoms. The summed E-state index contributed by atoms with van der Waals surface area (Å²) in [5.41, 5.74) is 0.167. The number of anilines is 1. The third-order valence-corrected chi connectivity index (χ3v) is 5.19. The summed E-state index contributed by atoms with van der Waals surface area (Å²) in [4.78, 5) is 35.9. The zero-order chi connectivity index (χ0) is 23.5. The van der Waals surface area contributed by atoms with Gasteiger partial charge in [0.1, 0.15) is 12.3 Å². The van der Waals surface area contributed by atoms with Gasteiger partial charge >= 0.3 is 17.8 Å². The molecule has 0 radical (unpaired) electrons. The van der Waals surface area contributed by atoms with Crippen molar-refractivity contribution >= 4 is 28.9 Å². The van der Waals surface area contributed by atoms with Gasteiger partial charge in [-0.1, -0.05) is 27.2 Å². The number of esters is 1. The molecule has 2 aromatic rings. The number of hydrogen-bond acceptors (Lipinski definition) is 8. The van der Waals surface area contributed by atoms with Crippen LogP contribution in [-0.2, 0) is 19.1 Å². The molecule has 10 nitrogen and oxygen atoms in total. The molecule has 0 aliphatic carbocycles. The van der Waals surface area contributed by atoms with Gasteiger partial charge in [0.15, 0.2) is 17.0 Å². The van der Waals surface area contributed by atoms with E-state index in [1.54, 1.807) is 6.92 Å². The average Bonchev–Trinajstić information content (AvgIpc) is 3.29. The van der Waals surface area contributed by atoms with Crippen LogP contribution in [-0.4, -0.2) is 48.4 Å². The van der Waals surface area contributed by atoms with E-state index in [-0.39, 0.29) is 35.7 Å². The lowest BCUT2D eigenvalue weighted by molar-refractivity contribution is -0.229. The van der Waals surface area contributed by atoms with Crippen LogP contribution in [0.25, 0.3) is 11.2 Å². The molecule has 0 aromatic carbocycles. The maximum atomic E-state index is 14.1. The van der Waals surface area contributed by atoms with Gasteiger partial charge in [-0.3, -0.25) is 14.2 Å². The summed E-state index contributed by atoms with van der Waals surface area (Å²) >= 11 is 0. The molecule has 0 saturated carbocycles. The molecular weight excluding hydrogens is 421 g/mol. The number of halogens is 1. The Morgan fingerprint density at radius 2 is 2.22 bits per heavy atom. The van der Waals surface area contributed by atoms with Gasteiger partial charge < -0.3 is 19.9 Å². The summed E-state index contributed by atoms with van der Waals surface area (Å²) in [6, 6.07) is 0. The smallest absolute Gasteiger partial charge is 0.312 e. The molecule has 1 amide bonds. The van der Waals surface area contributed by atoms with Crippen molar-refractivity contribution in [2.45, 2.75) is 71.0 Å². The Hall–Kier alpha value is -3.10. The number of carbonyl (C=O) groups excluding carboxylic acids is 2. The molecule has 4 atom stereocenters.